The number of ether oxygens (including phenoxy) is 2. The molecule has 1 aliphatic heterocycles. The van der Waals surface area contributed by atoms with Gasteiger partial charge in [0.25, 0.3) is 0 Å². The minimum absolute atomic E-state index is 0.0166. The molecular weight excluding hydrogens is 366 g/mol. The Balaban J connectivity index is 1.44. The van der Waals surface area contributed by atoms with E-state index in [9.17, 15) is 9.59 Å². The lowest BCUT2D eigenvalue weighted by Gasteiger charge is -2.10. The lowest BCUT2D eigenvalue weighted by molar-refractivity contribution is -0.148. The number of hydrogen-bond acceptors (Lipinski definition) is 8. The van der Waals surface area contributed by atoms with E-state index in [1.165, 1.54) is 21.8 Å². The zero-order chi connectivity index (χ0) is 19.4. The number of nitrogens with one attached hydrogen (secondary N) is 1. The highest BCUT2D eigenvalue weighted by atomic mass is 32.1. The maximum Gasteiger partial charge on any atom is 0.312 e. The maximum absolute atomic E-state index is 12.0. The molecule has 0 saturated carbocycles. The third kappa shape index (κ3) is 5.11. The summed E-state index contributed by atoms with van der Waals surface area (Å²) in [7, 11) is 0. The Hall–Kier alpha value is -2.32. The molecule has 0 aliphatic carbocycles. The van der Waals surface area contributed by atoms with E-state index in [2.05, 4.69) is 15.3 Å². The van der Waals surface area contributed by atoms with Crippen molar-refractivity contribution in [1.29, 1.82) is 0 Å². The number of nitrogens with zero attached hydrogens (tertiary/aromatic N) is 2. The summed E-state index contributed by atoms with van der Waals surface area (Å²) in [6.07, 6.45) is 0.907. The second kappa shape index (κ2) is 8.58. The molecule has 1 N–H and O–H groups in total. The van der Waals surface area contributed by atoms with Crippen molar-refractivity contribution in [1.82, 2.24) is 15.3 Å². The van der Waals surface area contributed by atoms with E-state index in [1.54, 1.807) is 0 Å². The number of aryl methyl sites for hydroxylation is 3. The number of rotatable bonds is 6. The van der Waals surface area contributed by atoms with Gasteiger partial charge < -0.3 is 14.8 Å². The summed E-state index contributed by atoms with van der Waals surface area (Å²) in [6.45, 7) is 7.38. The van der Waals surface area contributed by atoms with Gasteiger partial charge in [-0.2, -0.15) is 0 Å². The van der Waals surface area contributed by atoms with Crippen LogP contribution in [0.25, 0.3) is 0 Å². The normalized spacial score (nSPS) is 13.1. The second-order valence-electron chi connectivity index (χ2n) is 6.50. The number of esters is 2. The van der Waals surface area contributed by atoms with Crippen LogP contribution in [0.3, 0.4) is 0 Å². The molecule has 0 fully saturated rings. The van der Waals surface area contributed by atoms with E-state index >= 15 is 0 Å². The second-order valence-corrected chi connectivity index (χ2v) is 7.60. The predicted octanol–water partition coefficient (Wildman–Crippen LogP) is 2.54. The van der Waals surface area contributed by atoms with Crippen molar-refractivity contribution in [2.45, 2.75) is 53.2 Å². The van der Waals surface area contributed by atoms with Crippen LogP contribution in [0.15, 0.2) is 6.07 Å². The van der Waals surface area contributed by atoms with E-state index in [-0.39, 0.29) is 19.4 Å². The number of carbonyl (C=O) groups is 2. The standard InChI is InChI=1S/C19H23N3O4S/c1-11-12(2)22-15(13(3)21-11)10-25-17(23)4-5-18(24)26-19-8-14-9-20-7-6-16(14)27-19/h8,20H,4-7,9-10H2,1-3H3. The monoisotopic (exact) mass is 389 g/mol. The lowest BCUT2D eigenvalue weighted by Crippen LogP contribution is -2.21. The van der Waals surface area contributed by atoms with Gasteiger partial charge in [-0.25, -0.2) is 0 Å². The molecule has 27 heavy (non-hydrogen) atoms. The Morgan fingerprint density at radius 1 is 1.11 bits per heavy atom. The van der Waals surface area contributed by atoms with Gasteiger partial charge in [-0.3, -0.25) is 19.6 Å². The fourth-order valence-electron chi connectivity index (χ4n) is 2.76. The molecule has 8 heteroatoms. The zero-order valence-electron chi connectivity index (χ0n) is 15.8. The highest BCUT2D eigenvalue weighted by Gasteiger charge is 2.17. The number of aromatic nitrogens is 2. The Labute approximate surface area is 162 Å². The van der Waals surface area contributed by atoms with Crippen molar-refractivity contribution >= 4 is 23.3 Å². The summed E-state index contributed by atoms with van der Waals surface area (Å²) in [5.41, 5.74) is 4.21. The van der Waals surface area contributed by atoms with Crippen LogP contribution in [0, 0.1) is 20.8 Å². The first-order chi connectivity index (χ1) is 12.9. The van der Waals surface area contributed by atoms with Gasteiger partial charge in [-0.1, -0.05) is 0 Å². The minimum atomic E-state index is -0.457. The van der Waals surface area contributed by atoms with Crippen molar-refractivity contribution in [3.05, 3.63) is 39.3 Å². The Kier molecular flexibility index (Phi) is 6.18. The van der Waals surface area contributed by atoms with Gasteiger partial charge in [-0.15, -0.1) is 11.3 Å². The van der Waals surface area contributed by atoms with Crippen molar-refractivity contribution < 1.29 is 19.1 Å². The van der Waals surface area contributed by atoms with Crippen molar-refractivity contribution in [2.24, 2.45) is 0 Å². The van der Waals surface area contributed by atoms with Crippen molar-refractivity contribution in [3.8, 4) is 5.06 Å². The van der Waals surface area contributed by atoms with Gasteiger partial charge in [-0.05, 0) is 38.8 Å². The highest BCUT2D eigenvalue weighted by Crippen LogP contribution is 2.31. The molecule has 2 aromatic rings. The average Bonchev–Trinajstić information content (AvgIpc) is 3.04. The largest absolute Gasteiger partial charge is 0.459 e. The topological polar surface area (TPSA) is 90.4 Å². The quantitative estimate of drug-likeness (QED) is 0.759. The summed E-state index contributed by atoms with van der Waals surface area (Å²) < 4.78 is 10.6. The number of carbonyl (C=O) groups excluding carboxylic acids is 2. The Bertz CT molecular complexity index is 839. The first-order valence-electron chi connectivity index (χ1n) is 8.91. The van der Waals surface area contributed by atoms with Gasteiger partial charge in [0.05, 0.1) is 35.6 Å². The highest BCUT2D eigenvalue weighted by molar-refractivity contribution is 7.14. The van der Waals surface area contributed by atoms with Crippen LogP contribution < -0.4 is 10.1 Å². The predicted molar refractivity (Wildman–Crippen MR) is 101 cm³/mol. The van der Waals surface area contributed by atoms with Crippen LogP contribution in [0.2, 0.25) is 0 Å². The molecule has 0 radical (unpaired) electrons. The van der Waals surface area contributed by atoms with E-state index in [4.69, 9.17) is 9.47 Å². The van der Waals surface area contributed by atoms with E-state index in [1.807, 2.05) is 26.8 Å². The molecule has 0 aromatic carbocycles. The molecule has 2 aromatic heterocycles. The van der Waals surface area contributed by atoms with Gasteiger partial charge in [0.1, 0.15) is 6.61 Å². The summed E-state index contributed by atoms with van der Waals surface area (Å²) in [4.78, 5) is 33.9. The lowest BCUT2D eigenvalue weighted by atomic mass is 10.1. The molecule has 0 amide bonds. The van der Waals surface area contributed by atoms with Gasteiger partial charge in [0.2, 0.25) is 0 Å². The average molecular weight is 389 g/mol. The van der Waals surface area contributed by atoms with Gasteiger partial charge >= 0.3 is 11.9 Å². The van der Waals surface area contributed by atoms with E-state index in [0.717, 1.165) is 36.6 Å². The first-order valence-corrected chi connectivity index (χ1v) is 9.73. The third-order valence-electron chi connectivity index (χ3n) is 4.42. The van der Waals surface area contributed by atoms with E-state index in [0.29, 0.717) is 10.8 Å². The summed E-state index contributed by atoms with van der Waals surface area (Å²) in [5.74, 6) is -0.887. The van der Waals surface area contributed by atoms with Crippen LogP contribution in [0.5, 0.6) is 5.06 Å². The van der Waals surface area contributed by atoms with Crippen molar-refractivity contribution in [3.63, 3.8) is 0 Å². The molecule has 0 atom stereocenters. The van der Waals surface area contributed by atoms with Crippen LogP contribution >= 0.6 is 11.3 Å². The smallest absolute Gasteiger partial charge is 0.312 e. The SMILES string of the molecule is Cc1nc(C)c(COC(=O)CCC(=O)Oc2cc3c(s2)CCNC3)nc1C. The number of thiophene rings is 1. The van der Waals surface area contributed by atoms with Crippen molar-refractivity contribution in [2.75, 3.05) is 6.54 Å². The molecular formula is C19H23N3O4S. The molecule has 0 unspecified atom stereocenters. The van der Waals surface area contributed by atoms with Crippen LogP contribution in [-0.2, 0) is 33.9 Å². The summed E-state index contributed by atoms with van der Waals surface area (Å²) >= 11 is 1.50. The maximum atomic E-state index is 12.0. The Morgan fingerprint density at radius 3 is 2.63 bits per heavy atom. The molecule has 3 heterocycles. The Morgan fingerprint density at radius 2 is 1.85 bits per heavy atom. The van der Waals surface area contributed by atoms with E-state index < -0.39 is 11.9 Å². The molecule has 0 bridgehead atoms. The van der Waals surface area contributed by atoms with Crippen LogP contribution in [0.4, 0.5) is 0 Å². The minimum Gasteiger partial charge on any atom is -0.459 e. The molecule has 0 spiro atoms. The molecule has 3 rings (SSSR count). The number of hydrogen-bond donors (Lipinski definition) is 1. The fourth-order valence-corrected chi connectivity index (χ4v) is 3.81. The van der Waals surface area contributed by atoms with Gasteiger partial charge in [0.15, 0.2) is 5.06 Å². The van der Waals surface area contributed by atoms with Crippen LogP contribution in [0.1, 0.15) is 46.1 Å². The van der Waals surface area contributed by atoms with Gasteiger partial charge in [0, 0.05) is 18.0 Å². The van der Waals surface area contributed by atoms with Crippen LogP contribution in [-0.4, -0.2) is 28.5 Å². The fraction of sp³-hybridized carbons (Fsp3) is 0.474. The number of fused-ring (bicyclic) bond motifs is 1. The first kappa shape index (κ1) is 19.4. The summed E-state index contributed by atoms with van der Waals surface area (Å²) in [6, 6.07) is 1.89. The molecule has 0 saturated heterocycles. The zero-order valence-corrected chi connectivity index (χ0v) is 16.6. The third-order valence-corrected chi connectivity index (χ3v) is 5.53. The summed E-state index contributed by atoms with van der Waals surface area (Å²) in [5, 5.41) is 3.87. The molecule has 7 nitrogen and oxygen atoms in total. The molecule has 144 valence electrons. The molecule has 1 aliphatic rings.